The van der Waals surface area contributed by atoms with Gasteiger partial charge in [0.05, 0.1) is 4.48 Å². The Morgan fingerprint density at radius 1 is 1.50 bits per heavy atom. The van der Waals surface area contributed by atoms with Crippen LogP contribution in [-0.2, 0) is 9.53 Å². The van der Waals surface area contributed by atoms with Crippen LogP contribution in [0.25, 0.3) is 6.08 Å². The Labute approximate surface area is 94.0 Å². The van der Waals surface area contributed by atoms with Crippen LogP contribution in [0.2, 0.25) is 0 Å². The maximum absolute atomic E-state index is 10.9. The predicted octanol–water partition coefficient (Wildman–Crippen LogP) is 3.23. The number of ether oxygens (including phenoxy) is 1. The first-order valence-corrected chi connectivity index (χ1v) is 5.63. The standard InChI is InChI=1S/C10H7BrO2S/c1-6-2-3-7(14-6)4-9-8(11)5-10(12)13-9/h2-5H,1H3/b9-4-. The summed E-state index contributed by atoms with van der Waals surface area (Å²) < 4.78 is 5.68. The highest BCUT2D eigenvalue weighted by atomic mass is 79.9. The number of carbonyl (C=O) groups excluding carboxylic acids is 1. The Morgan fingerprint density at radius 3 is 2.79 bits per heavy atom. The molecule has 0 saturated carbocycles. The topological polar surface area (TPSA) is 26.3 Å². The number of allylic oxidation sites excluding steroid dienone is 1. The van der Waals surface area contributed by atoms with E-state index in [0.717, 1.165) is 4.88 Å². The van der Waals surface area contributed by atoms with E-state index in [9.17, 15) is 4.79 Å². The van der Waals surface area contributed by atoms with Gasteiger partial charge in [0.25, 0.3) is 0 Å². The monoisotopic (exact) mass is 270 g/mol. The highest BCUT2D eigenvalue weighted by Crippen LogP contribution is 2.28. The molecule has 2 heterocycles. The van der Waals surface area contributed by atoms with Crippen molar-refractivity contribution in [3.63, 3.8) is 0 Å². The van der Waals surface area contributed by atoms with E-state index < -0.39 is 0 Å². The molecule has 0 unspecified atom stereocenters. The van der Waals surface area contributed by atoms with Crippen molar-refractivity contribution in [1.29, 1.82) is 0 Å². The normalized spacial score (nSPS) is 18.6. The number of carbonyl (C=O) groups is 1. The molecule has 14 heavy (non-hydrogen) atoms. The molecule has 0 bridgehead atoms. The second-order valence-corrected chi connectivity index (χ2v) is 5.04. The molecule has 0 saturated heterocycles. The maximum atomic E-state index is 10.9. The highest BCUT2D eigenvalue weighted by molar-refractivity contribution is 9.12. The van der Waals surface area contributed by atoms with Crippen LogP contribution in [0.3, 0.4) is 0 Å². The Morgan fingerprint density at radius 2 is 2.29 bits per heavy atom. The first kappa shape index (κ1) is 9.68. The number of esters is 1. The number of rotatable bonds is 1. The molecule has 1 aliphatic heterocycles. The summed E-state index contributed by atoms with van der Waals surface area (Å²) in [6, 6.07) is 4.03. The van der Waals surface area contributed by atoms with Crippen molar-refractivity contribution in [2.24, 2.45) is 0 Å². The average molecular weight is 271 g/mol. The third kappa shape index (κ3) is 1.96. The van der Waals surface area contributed by atoms with Gasteiger partial charge in [-0.15, -0.1) is 11.3 Å². The van der Waals surface area contributed by atoms with Gasteiger partial charge in [-0.3, -0.25) is 0 Å². The molecular formula is C10H7BrO2S. The zero-order valence-electron chi connectivity index (χ0n) is 7.41. The van der Waals surface area contributed by atoms with Gasteiger partial charge in [-0.1, -0.05) is 0 Å². The summed E-state index contributed by atoms with van der Waals surface area (Å²) in [5.41, 5.74) is 0. The molecule has 0 atom stereocenters. The van der Waals surface area contributed by atoms with Gasteiger partial charge < -0.3 is 4.74 Å². The Kier molecular flexibility index (Phi) is 2.56. The van der Waals surface area contributed by atoms with Crippen LogP contribution >= 0.6 is 27.3 Å². The van der Waals surface area contributed by atoms with Crippen LogP contribution in [0.15, 0.2) is 28.5 Å². The number of cyclic esters (lactones) is 1. The zero-order chi connectivity index (χ0) is 10.1. The maximum Gasteiger partial charge on any atom is 0.337 e. The lowest BCUT2D eigenvalue weighted by Gasteiger charge is -1.95. The molecule has 2 nitrogen and oxygen atoms in total. The van der Waals surface area contributed by atoms with E-state index in [-0.39, 0.29) is 5.97 Å². The van der Waals surface area contributed by atoms with Crippen molar-refractivity contribution in [2.75, 3.05) is 0 Å². The van der Waals surface area contributed by atoms with Crippen molar-refractivity contribution in [2.45, 2.75) is 6.92 Å². The number of halogens is 1. The smallest absolute Gasteiger partial charge is 0.337 e. The van der Waals surface area contributed by atoms with E-state index >= 15 is 0 Å². The molecular weight excluding hydrogens is 264 g/mol. The third-order valence-corrected chi connectivity index (χ3v) is 3.29. The van der Waals surface area contributed by atoms with Gasteiger partial charge in [-0.25, -0.2) is 4.79 Å². The minimum Gasteiger partial charge on any atom is -0.422 e. The number of hydrogen-bond donors (Lipinski definition) is 0. The second kappa shape index (κ2) is 3.71. The van der Waals surface area contributed by atoms with Gasteiger partial charge in [0, 0.05) is 15.8 Å². The molecule has 0 fully saturated rings. The van der Waals surface area contributed by atoms with Crippen molar-refractivity contribution in [3.05, 3.63) is 38.2 Å². The molecule has 0 amide bonds. The van der Waals surface area contributed by atoms with E-state index in [1.807, 2.05) is 25.1 Å². The summed E-state index contributed by atoms with van der Waals surface area (Å²) in [7, 11) is 0. The van der Waals surface area contributed by atoms with E-state index in [2.05, 4.69) is 15.9 Å². The minimum absolute atomic E-state index is 0.323. The Balaban J connectivity index is 2.28. The molecule has 0 aromatic carbocycles. The molecule has 0 N–H and O–H groups in total. The summed E-state index contributed by atoms with van der Waals surface area (Å²) in [6.45, 7) is 2.04. The number of thiophene rings is 1. The molecule has 4 heteroatoms. The second-order valence-electron chi connectivity index (χ2n) is 2.87. The number of aryl methyl sites for hydroxylation is 1. The number of hydrogen-bond acceptors (Lipinski definition) is 3. The summed E-state index contributed by atoms with van der Waals surface area (Å²) in [5, 5.41) is 0. The zero-order valence-corrected chi connectivity index (χ0v) is 9.81. The lowest BCUT2D eigenvalue weighted by Crippen LogP contribution is -1.89. The van der Waals surface area contributed by atoms with Crippen LogP contribution in [-0.4, -0.2) is 5.97 Å². The molecule has 0 aliphatic carbocycles. The Hall–Kier alpha value is -0.870. The largest absolute Gasteiger partial charge is 0.422 e. The lowest BCUT2D eigenvalue weighted by molar-refractivity contribution is -0.132. The molecule has 1 aliphatic rings. The van der Waals surface area contributed by atoms with Gasteiger partial charge in [0.15, 0.2) is 0 Å². The van der Waals surface area contributed by atoms with Gasteiger partial charge in [-0.05, 0) is 41.1 Å². The predicted molar refractivity (Wildman–Crippen MR) is 60.1 cm³/mol. The van der Waals surface area contributed by atoms with Crippen LogP contribution in [0, 0.1) is 6.92 Å². The van der Waals surface area contributed by atoms with Crippen molar-refractivity contribution >= 4 is 39.3 Å². The van der Waals surface area contributed by atoms with E-state index in [1.54, 1.807) is 11.3 Å². The summed E-state index contributed by atoms with van der Waals surface area (Å²) in [4.78, 5) is 13.2. The third-order valence-electron chi connectivity index (χ3n) is 1.73. The van der Waals surface area contributed by atoms with Crippen molar-refractivity contribution in [1.82, 2.24) is 0 Å². The molecule has 1 aromatic heterocycles. The molecule has 1 aromatic rings. The van der Waals surface area contributed by atoms with E-state index in [4.69, 9.17) is 4.74 Å². The fourth-order valence-corrected chi connectivity index (χ4v) is 2.31. The lowest BCUT2D eigenvalue weighted by atomic mass is 10.3. The van der Waals surface area contributed by atoms with Crippen LogP contribution in [0.1, 0.15) is 9.75 Å². The molecule has 72 valence electrons. The highest BCUT2D eigenvalue weighted by Gasteiger charge is 2.17. The fourth-order valence-electron chi connectivity index (χ4n) is 1.12. The summed E-state index contributed by atoms with van der Waals surface area (Å²) >= 11 is 4.92. The van der Waals surface area contributed by atoms with Gasteiger partial charge in [0.2, 0.25) is 0 Å². The van der Waals surface area contributed by atoms with Gasteiger partial charge >= 0.3 is 5.97 Å². The van der Waals surface area contributed by atoms with Crippen molar-refractivity contribution in [3.8, 4) is 0 Å². The summed E-state index contributed by atoms with van der Waals surface area (Å²) in [5.74, 6) is 0.258. The first-order valence-electron chi connectivity index (χ1n) is 4.02. The summed E-state index contributed by atoms with van der Waals surface area (Å²) in [6.07, 6.45) is 3.27. The van der Waals surface area contributed by atoms with E-state index in [0.29, 0.717) is 10.2 Å². The van der Waals surface area contributed by atoms with Gasteiger partial charge in [-0.2, -0.15) is 0 Å². The average Bonchev–Trinajstić information content (AvgIpc) is 2.61. The SMILES string of the molecule is Cc1ccc(/C=C2\OC(=O)C=C2Br)s1. The fraction of sp³-hybridized carbons (Fsp3) is 0.100. The molecule has 2 rings (SSSR count). The molecule has 0 radical (unpaired) electrons. The van der Waals surface area contributed by atoms with E-state index in [1.165, 1.54) is 11.0 Å². The minimum atomic E-state index is -0.323. The first-order chi connectivity index (χ1) is 6.65. The quantitative estimate of drug-likeness (QED) is 0.733. The van der Waals surface area contributed by atoms with Gasteiger partial charge in [0.1, 0.15) is 5.76 Å². The molecule has 0 spiro atoms. The van der Waals surface area contributed by atoms with Crippen molar-refractivity contribution < 1.29 is 9.53 Å². The van der Waals surface area contributed by atoms with Crippen LogP contribution in [0.4, 0.5) is 0 Å². The van der Waals surface area contributed by atoms with Crippen LogP contribution < -0.4 is 0 Å². The Bertz CT molecular complexity index is 443. The van der Waals surface area contributed by atoms with Crippen LogP contribution in [0.5, 0.6) is 0 Å².